The summed E-state index contributed by atoms with van der Waals surface area (Å²) in [6.45, 7) is 2.01. The maximum Gasteiger partial charge on any atom is 0.275 e. The smallest absolute Gasteiger partial charge is 0.275 e. The summed E-state index contributed by atoms with van der Waals surface area (Å²) in [5.74, 6) is 0. The number of rotatable bonds is 2. The normalized spacial score (nSPS) is 10.1. The van der Waals surface area contributed by atoms with Gasteiger partial charge in [-0.1, -0.05) is 13.3 Å². The molecule has 0 amide bonds. The Hall–Kier alpha value is -1.10. The zero-order valence-corrected chi connectivity index (χ0v) is 7.62. The van der Waals surface area contributed by atoms with E-state index in [1.807, 2.05) is 6.92 Å². The Kier molecular flexibility index (Phi) is 2.65. The quantitative estimate of drug-likeness (QED) is 0.601. The summed E-state index contributed by atoms with van der Waals surface area (Å²) in [6, 6.07) is 0. The molecule has 0 aliphatic rings. The lowest BCUT2D eigenvalue weighted by Gasteiger charge is -2.01. The van der Waals surface area contributed by atoms with E-state index in [2.05, 4.69) is 9.97 Å². The highest BCUT2D eigenvalue weighted by Gasteiger charge is 2.01. The van der Waals surface area contributed by atoms with Crippen molar-refractivity contribution in [3.05, 3.63) is 20.8 Å². The van der Waals surface area contributed by atoms with E-state index in [4.69, 9.17) is 18.0 Å². The minimum absolute atomic E-state index is 0.241. The molecule has 4 nitrogen and oxygen atoms in total. The number of aromatic nitrogens is 2. The summed E-state index contributed by atoms with van der Waals surface area (Å²) in [4.78, 5) is 16.3. The molecular weight excluding hydrogens is 174 g/mol. The van der Waals surface area contributed by atoms with Gasteiger partial charge in [0.15, 0.2) is 4.77 Å². The average molecular weight is 185 g/mol. The molecule has 12 heavy (non-hydrogen) atoms. The van der Waals surface area contributed by atoms with Crippen LogP contribution in [0.2, 0.25) is 0 Å². The van der Waals surface area contributed by atoms with Crippen LogP contribution in [0, 0.1) is 4.77 Å². The predicted octanol–water partition coefficient (Wildman–Crippen LogP) is 0.967. The minimum Gasteiger partial charge on any atom is -0.393 e. The average Bonchev–Trinajstić information content (AvgIpc) is 2.00. The molecule has 1 heterocycles. The van der Waals surface area contributed by atoms with Gasteiger partial charge < -0.3 is 10.7 Å². The van der Waals surface area contributed by atoms with Gasteiger partial charge in [-0.05, 0) is 18.6 Å². The van der Waals surface area contributed by atoms with Crippen molar-refractivity contribution in [2.24, 2.45) is 0 Å². The molecule has 66 valence electrons. The summed E-state index contributed by atoms with van der Waals surface area (Å²) in [5.41, 5.74) is 6.18. The van der Waals surface area contributed by atoms with Gasteiger partial charge in [-0.3, -0.25) is 9.78 Å². The number of hydrogen-bond acceptors (Lipinski definition) is 3. The van der Waals surface area contributed by atoms with Crippen LogP contribution in [0.3, 0.4) is 0 Å². The van der Waals surface area contributed by atoms with Gasteiger partial charge in [0.1, 0.15) is 5.69 Å². The van der Waals surface area contributed by atoms with E-state index in [0.29, 0.717) is 4.77 Å². The molecule has 4 N–H and O–H groups in total. The fraction of sp³-hybridized carbons (Fsp3) is 0.429. The van der Waals surface area contributed by atoms with Gasteiger partial charge in [-0.15, -0.1) is 0 Å². The van der Waals surface area contributed by atoms with Crippen LogP contribution in [0.15, 0.2) is 4.79 Å². The van der Waals surface area contributed by atoms with E-state index in [1.54, 1.807) is 0 Å². The molecule has 0 fully saturated rings. The first-order valence-corrected chi connectivity index (χ1v) is 4.17. The number of H-pyrrole nitrogens is 2. The van der Waals surface area contributed by atoms with E-state index >= 15 is 0 Å². The second-order valence-corrected chi connectivity index (χ2v) is 2.96. The Balaban J connectivity index is 3.28. The molecule has 5 heteroatoms. The molecule has 0 atom stereocenters. The Morgan fingerprint density at radius 1 is 1.50 bits per heavy atom. The number of nitrogen functional groups attached to an aromatic ring is 1. The molecule has 0 radical (unpaired) electrons. The number of nitrogens with two attached hydrogens (primary N) is 1. The van der Waals surface area contributed by atoms with Crippen LogP contribution in [0.1, 0.15) is 19.0 Å². The van der Waals surface area contributed by atoms with Crippen LogP contribution in [-0.2, 0) is 6.42 Å². The molecule has 0 aliphatic heterocycles. The highest BCUT2D eigenvalue weighted by Crippen LogP contribution is 2.03. The zero-order chi connectivity index (χ0) is 9.14. The van der Waals surface area contributed by atoms with Crippen molar-refractivity contribution in [2.45, 2.75) is 19.8 Å². The van der Waals surface area contributed by atoms with Gasteiger partial charge in [0.05, 0.1) is 0 Å². The first-order valence-electron chi connectivity index (χ1n) is 3.76. The van der Waals surface area contributed by atoms with Gasteiger partial charge in [0, 0.05) is 5.69 Å². The maximum absolute atomic E-state index is 11.1. The van der Waals surface area contributed by atoms with Gasteiger partial charge >= 0.3 is 0 Å². The first kappa shape index (κ1) is 8.99. The molecule has 1 aromatic heterocycles. The fourth-order valence-electron chi connectivity index (χ4n) is 0.990. The van der Waals surface area contributed by atoms with Gasteiger partial charge in [0.2, 0.25) is 0 Å². The summed E-state index contributed by atoms with van der Waals surface area (Å²) < 4.78 is 0.331. The molecule has 0 aromatic carbocycles. The van der Waals surface area contributed by atoms with Crippen molar-refractivity contribution in [3.63, 3.8) is 0 Å². The molecule has 0 unspecified atom stereocenters. The van der Waals surface area contributed by atoms with Crippen LogP contribution >= 0.6 is 12.2 Å². The number of aryl methyl sites for hydroxylation is 1. The monoisotopic (exact) mass is 185 g/mol. The third-order valence-corrected chi connectivity index (χ3v) is 1.77. The summed E-state index contributed by atoms with van der Waals surface area (Å²) in [5, 5.41) is 0. The van der Waals surface area contributed by atoms with Crippen LogP contribution in [0.5, 0.6) is 0 Å². The molecule has 1 aromatic rings. The van der Waals surface area contributed by atoms with Crippen molar-refractivity contribution >= 4 is 17.9 Å². The van der Waals surface area contributed by atoms with Gasteiger partial charge in [-0.2, -0.15) is 0 Å². The summed E-state index contributed by atoms with van der Waals surface area (Å²) in [7, 11) is 0. The number of anilines is 1. The van der Waals surface area contributed by atoms with E-state index in [-0.39, 0.29) is 11.2 Å². The van der Waals surface area contributed by atoms with Crippen molar-refractivity contribution in [3.8, 4) is 0 Å². The Labute approximate surface area is 74.8 Å². The molecule has 0 bridgehead atoms. The van der Waals surface area contributed by atoms with E-state index < -0.39 is 0 Å². The third kappa shape index (κ3) is 1.73. The number of aromatic amines is 2. The second kappa shape index (κ2) is 3.53. The molecule has 0 saturated heterocycles. The topological polar surface area (TPSA) is 74.7 Å². The molecule has 0 saturated carbocycles. The van der Waals surface area contributed by atoms with E-state index in [9.17, 15) is 4.79 Å². The maximum atomic E-state index is 11.1. The SMILES string of the molecule is CCCc1[nH]c(=S)[nH]c(=O)c1N. The number of hydrogen-bond donors (Lipinski definition) is 3. The predicted molar refractivity (Wildman–Crippen MR) is 50.7 cm³/mol. The lowest BCUT2D eigenvalue weighted by atomic mass is 10.2. The minimum atomic E-state index is -0.304. The lowest BCUT2D eigenvalue weighted by molar-refractivity contribution is 0.866. The largest absolute Gasteiger partial charge is 0.393 e. The van der Waals surface area contributed by atoms with Gasteiger partial charge in [0.25, 0.3) is 5.56 Å². The third-order valence-electron chi connectivity index (χ3n) is 1.56. The Morgan fingerprint density at radius 2 is 2.17 bits per heavy atom. The zero-order valence-electron chi connectivity index (χ0n) is 6.81. The van der Waals surface area contributed by atoms with Crippen LogP contribution < -0.4 is 11.3 Å². The molecule has 0 aliphatic carbocycles. The van der Waals surface area contributed by atoms with Crippen LogP contribution in [-0.4, -0.2) is 9.97 Å². The van der Waals surface area contributed by atoms with Crippen molar-refractivity contribution in [1.29, 1.82) is 0 Å². The van der Waals surface area contributed by atoms with Crippen molar-refractivity contribution in [2.75, 3.05) is 5.73 Å². The first-order chi connectivity index (χ1) is 5.65. The molecule has 0 spiro atoms. The van der Waals surface area contributed by atoms with Gasteiger partial charge in [-0.25, -0.2) is 0 Å². The van der Waals surface area contributed by atoms with Crippen molar-refractivity contribution < 1.29 is 0 Å². The Bertz CT molecular complexity index is 379. The Morgan fingerprint density at radius 3 is 2.75 bits per heavy atom. The number of nitrogens with one attached hydrogen (secondary N) is 2. The summed E-state index contributed by atoms with van der Waals surface area (Å²) >= 11 is 4.79. The molecular formula is C7H11N3OS. The summed E-state index contributed by atoms with van der Waals surface area (Å²) in [6.07, 6.45) is 1.68. The van der Waals surface area contributed by atoms with Crippen LogP contribution in [0.4, 0.5) is 5.69 Å². The van der Waals surface area contributed by atoms with E-state index in [0.717, 1.165) is 18.5 Å². The standard InChI is InChI=1S/C7H11N3OS/c1-2-3-4-5(8)6(11)10-7(12)9-4/h2-3,8H2,1H3,(H2,9,10,11,12). The molecule has 1 rings (SSSR count). The van der Waals surface area contributed by atoms with Crippen molar-refractivity contribution in [1.82, 2.24) is 9.97 Å². The van der Waals surface area contributed by atoms with E-state index in [1.165, 1.54) is 0 Å². The highest BCUT2D eigenvalue weighted by atomic mass is 32.1. The lowest BCUT2D eigenvalue weighted by Crippen LogP contribution is -2.16. The fourth-order valence-corrected chi connectivity index (χ4v) is 1.21. The highest BCUT2D eigenvalue weighted by molar-refractivity contribution is 7.71. The van der Waals surface area contributed by atoms with Crippen LogP contribution in [0.25, 0.3) is 0 Å². The second-order valence-electron chi connectivity index (χ2n) is 2.55.